The Hall–Kier alpha value is -2.41. The predicted octanol–water partition coefficient (Wildman–Crippen LogP) is 3.40. The van der Waals surface area contributed by atoms with E-state index in [4.69, 9.17) is 4.74 Å². The number of nitrogens with one attached hydrogen (secondary N) is 2. The molecule has 2 aromatic rings. The van der Waals surface area contributed by atoms with Crippen molar-refractivity contribution in [2.75, 3.05) is 32.1 Å². The highest BCUT2D eigenvalue weighted by atomic mass is 19.1. The van der Waals surface area contributed by atoms with Crippen LogP contribution in [0.25, 0.3) is 10.9 Å². The third-order valence-electron chi connectivity index (χ3n) is 5.01. The lowest BCUT2D eigenvalue weighted by molar-refractivity contribution is -0.116. The number of benzene rings is 1. The number of hydrogen-bond acceptors (Lipinski definition) is 4. The van der Waals surface area contributed by atoms with Gasteiger partial charge >= 0.3 is 5.97 Å². The number of anilines is 1. The molecule has 1 aromatic carbocycles. The Morgan fingerprint density at radius 3 is 2.67 bits per heavy atom. The fourth-order valence-electron chi connectivity index (χ4n) is 3.99. The average Bonchev–Trinajstić information content (AvgIpc) is 2.96. The Balaban J connectivity index is 1.74. The lowest BCUT2D eigenvalue weighted by atomic mass is 9.92. The van der Waals surface area contributed by atoms with Crippen molar-refractivity contribution in [3.05, 3.63) is 29.7 Å². The molecule has 1 amide bonds. The van der Waals surface area contributed by atoms with Crippen molar-refractivity contribution in [3.63, 3.8) is 0 Å². The third-order valence-corrected chi connectivity index (χ3v) is 5.01. The topological polar surface area (TPSA) is 74.4 Å². The van der Waals surface area contributed by atoms with E-state index in [0.717, 1.165) is 13.1 Å². The molecule has 7 heteroatoms. The van der Waals surface area contributed by atoms with Crippen LogP contribution in [0.5, 0.6) is 0 Å². The largest absolute Gasteiger partial charge is 0.464 e. The standard InChI is InChI=1S/C20H26FN3O3/c1-12-8-13(2)11-24(10-12)7-6-17(25)23-18-15-9-14(21)4-5-16(15)22-19(18)20(26)27-3/h4-5,9,12-13,22H,6-8,10-11H2,1-3H3,(H,23,25)/t12-,13-/m0/s1. The number of hydrogen-bond donors (Lipinski definition) is 2. The van der Waals surface area contributed by atoms with Gasteiger partial charge < -0.3 is 19.9 Å². The van der Waals surface area contributed by atoms with Crippen molar-refractivity contribution in [2.24, 2.45) is 11.8 Å². The number of nitrogens with zero attached hydrogens (tertiary/aromatic N) is 1. The van der Waals surface area contributed by atoms with Crippen LogP contribution in [0, 0.1) is 17.7 Å². The quantitative estimate of drug-likeness (QED) is 0.786. The average molecular weight is 375 g/mol. The highest BCUT2D eigenvalue weighted by Gasteiger charge is 2.23. The first-order valence-corrected chi connectivity index (χ1v) is 9.29. The van der Waals surface area contributed by atoms with Crippen LogP contribution in [0.3, 0.4) is 0 Å². The second-order valence-electron chi connectivity index (χ2n) is 7.56. The number of piperidine rings is 1. The Morgan fingerprint density at radius 1 is 1.30 bits per heavy atom. The maximum Gasteiger partial charge on any atom is 0.356 e. The van der Waals surface area contributed by atoms with Crippen LogP contribution in [0.15, 0.2) is 18.2 Å². The molecule has 2 N–H and O–H groups in total. The molecule has 1 fully saturated rings. The van der Waals surface area contributed by atoms with Crippen LogP contribution in [0.4, 0.5) is 10.1 Å². The number of halogens is 1. The first-order chi connectivity index (χ1) is 12.9. The van der Waals surface area contributed by atoms with E-state index in [1.165, 1.54) is 31.7 Å². The number of carbonyl (C=O) groups excluding carboxylic acids is 2. The minimum atomic E-state index is -0.611. The molecule has 0 radical (unpaired) electrons. The molecule has 0 unspecified atom stereocenters. The highest BCUT2D eigenvalue weighted by molar-refractivity contribution is 6.10. The summed E-state index contributed by atoms with van der Waals surface area (Å²) in [4.78, 5) is 29.7. The number of ether oxygens (including phenoxy) is 1. The molecule has 2 atom stereocenters. The van der Waals surface area contributed by atoms with Gasteiger partial charge in [0, 0.05) is 37.0 Å². The second-order valence-corrected chi connectivity index (χ2v) is 7.56. The van der Waals surface area contributed by atoms with E-state index in [1.54, 1.807) is 0 Å². The number of aromatic amines is 1. The van der Waals surface area contributed by atoms with Gasteiger partial charge in [0.05, 0.1) is 12.8 Å². The predicted molar refractivity (Wildman–Crippen MR) is 102 cm³/mol. The summed E-state index contributed by atoms with van der Waals surface area (Å²) in [6.07, 6.45) is 1.52. The van der Waals surface area contributed by atoms with E-state index in [9.17, 15) is 14.0 Å². The molecule has 1 saturated heterocycles. The molecule has 0 aliphatic carbocycles. The molecule has 3 rings (SSSR count). The van der Waals surface area contributed by atoms with Gasteiger partial charge in [-0.2, -0.15) is 0 Å². The third kappa shape index (κ3) is 4.47. The van der Waals surface area contributed by atoms with Crippen LogP contribution in [-0.4, -0.2) is 48.5 Å². The number of esters is 1. The van der Waals surface area contributed by atoms with E-state index in [2.05, 4.69) is 29.0 Å². The van der Waals surface area contributed by atoms with Gasteiger partial charge in [-0.15, -0.1) is 0 Å². The Morgan fingerprint density at radius 2 is 2.00 bits per heavy atom. The minimum absolute atomic E-state index is 0.117. The van der Waals surface area contributed by atoms with Gasteiger partial charge in [-0.3, -0.25) is 4.79 Å². The summed E-state index contributed by atoms with van der Waals surface area (Å²) in [5.41, 5.74) is 0.944. The van der Waals surface area contributed by atoms with E-state index in [1.807, 2.05) is 0 Å². The normalized spacial score (nSPS) is 20.6. The van der Waals surface area contributed by atoms with Gasteiger partial charge in [-0.1, -0.05) is 13.8 Å². The Labute approximate surface area is 158 Å². The summed E-state index contributed by atoms with van der Waals surface area (Å²) in [5, 5.41) is 3.22. The molecule has 2 heterocycles. The number of aromatic nitrogens is 1. The van der Waals surface area contributed by atoms with E-state index in [-0.39, 0.29) is 17.3 Å². The number of H-pyrrole nitrogens is 1. The molecular weight excluding hydrogens is 349 g/mol. The van der Waals surface area contributed by atoms with Crippen molar-refractivity contribution >= 4 is 28.5 Å². The molecule has 27 heavy (non-hydrogen) atoms. The monoisotopic (exact) mass is 375 g/mol. The van der Waals surface area contributed by atoms with Gasteiger partial charge in [0.15, 0.2) is 0 Å². The molecule has 146 valence electrons. The molecule has 0 spiro atoms. The minimum Gasteiger partial charge on any atom is -0.464 e. The lowest BCUT2D eigenvalue weighted by Crippen LogP contribution is -2.40. The van der Waals surface area contributed by atoms with Gasteiger partial charge in [-0.05, 0) is 36.5 Å². The summed E-state index contributed by atoms with van der Waals surface area (Å²) in [7, 11) is 1.26. The number of fused-ring (bicyclic) bond motifs is 1. The molecule has 1 aliphatic heterocycles. The molecule has 0 saturated carbocycles. The van der Waals surface area contributed by atoms with Gasteiger partial charge in [0.1, 0.15) is 11.5 Å². The molecule has 0 bridgehead atoms. The number of rotatable bonds is 5. The van der Waals surface area contributed by atoms with Crippen molar-refractivity contribution in [2.45, 2.75) is 26.7 Å². The first kappa shape index (κ1) is 19.4. The molecule has 1 aliphatic rings. The fourth-order valence-corrected chi connectivity index (χ4v) is 3.99. The number of methoxy groups -OCH3 is 1. The van der Waals surface area contributed by atoms with Crippen LogP contribution in [0.2, 0.25) is 0 Å². The molecular formula is C20H26FN3O3. The summed E-state index contributed by atoms with van der Waals surface area (Å²) < 4.78 is 18.4. The number of amides is 1. The van der Waals surface area contributed by atoms with Crippen molar-refractivity contribution in [1.29, 1.82) is 0 Å². The van der Waals surface area contributed by atoms with Crippen molar-refractivity contribution < 1.29 is 18.7 Å². The summed E-state index contributed by atoms with van der Waals surface area (Å²) in [5.74, 6) is -0.0137. The van der Waals surface area contributed by atoms with Crippen molar-refractivity contribution in [1.82, 2.24) is 9.88 Å². The van der Waals surface area contributed by atoms with Gasteiger partial charge in [0.25, 0.3) is 0 Å². The van der Waals surface area contributed by atoms with Gasteiger partial charge in [-0.25, -0.2) is 9.18 Å². The maximum atomic E-state index is 13.7. The van der Waals surface area contributed by atoms with E-state index in [0.29, 0.717) is 35.7 Å². The SMILES string of the molecule is COC(=O)c1[nH]c2ccc(F)cc2c1NC(=O)CCN1C[C@@H](C)C[C@H](C)C1. The molecule has 6 nitrogen and oxygen atoms in total. The van der Waals surface area contributed by atoms with Crippen molar-refractivity contribution in [3.8, 4) is 0 Å². The van der Waals surface area contributed by atoms with Crippen LogP contribution >= 0.6 is 0 Å². The summed E-state index contributed by atoms with van der Waals surface area (Å²) >= 11 is 0. The zero-order chi connectivity index (χ0) is 19.6. The number of likely N-dealkylation sites (tertiary alicyclic amines) is 1. The van der Waals surface area contributed by atoms with Crippen LogP contribution < -0.4 is 5.32 Å². The van der Waals surface area contributed by atoms with E-state index < -0.39 is 11.8 Å². The lowest BCUT2D eigenvalue weighted by Gasteiger charge is -2.34. The summed E-state index contributed by atoms with van der Waals surface area (Å²) in [6.45, 7) is 7.09. The fraction of sp³-hybridized carbons (Fsp3) is 0.500. The summed E-state index contributed by atoms with van der Waals surface area (Å²) in [6, 6.07) is 4.12. The maximum absolute atomic E-state index is 13.7. The van der Waals surface area contributed by atoms with Gasteiger partial charge in [0.2, 0.25) is 5.91 Å². The van der Waals surface area contributed by atoms with Crippen LogP contribution in [0.1, 0.15) is 37.2 Å². The smallest absolute Gasteiger partial charge is 0.356 e. The van der Waals surface area contributed by atoms with Crippen LogP contribution in [-0.2, 0) is 9.53 Å². The number of carbonyl (C=O) groups is 2. The second kappa shape index (κ2) is 8.08. The zero-order valence-corrected chi connectivity index (χ0v) is 16.0. The highest BCUT2D eigenvalue weighted by Crippen LogP contribution is 2.29. The first-order valence-electron chi connectivity index (χ1n) is 9.29. The van der Waals surface area contributed by atoms with E-state index >= 15 is 0 Å². The Kier molecular flexibility index (Phi) is 5.79. The molecule has 1 aromatic heterocycles. The Bertz CT molecular complexity index is 838. The zero-order valence-electron chi connectivity index (χ0n) is 16.0.